The first-order valence-electron chi connectivity index (χ1n) is 7.31. The molecular weight excluding hydrogens is 304 g/mol. The molecule has 7 heteroatoms. The number of anilines is 1. The van der Waals surface area contributed by atoms with Crippen molar-refractivity contribution in [3.05, 3.63) is 23.8 Å². The first-order valence-corrected chi connectivity index (χ1v) is 8.79. The van der Waals surface area contributed by atoms with Gasteiger partial charge in [-0.15, -0.1) is 0 Å². The Kier molecular flexibility index (Phi) is 6.37. The molecule has 22 heavy (non-hydrogen) atoms. The second-order valence-corrected chi connectivity index (χ2v) is 7.45. The number of carbonyl (C=O) groups is 1. The van der Waals surface area contributed by atoms with Gasteiger partial charge in [-0.1, -0.05) is 20.8 Å². The molecule has 0 heterocycles. The first-order chi connectivity index (χ1) is 10.2. The molecule has 0 aliphatic rings. The molecule has 0 saturated carbocycles. The van der Waals surface area contributed by atoms with Crippen LogP contribution >= 0.6 is 0 Å². The van der Waals surface area contributed by atoms with Crippen LogP contribution in [-0.4, -0.2) is 32.1 Å². The maximum atomic E-state index is 12.5. The highest BCUT2D eigenvalue weighted by Gasteiger charge is 2.21. The van der Waals surface area contributed by atoms with Crippen molar-refractivity contribution in [3.63, 3.8) is 0 Å². The van der Waals surface area contributed by atoms with E-state index in [1.165, 1.54) is 18.2 Å². The van der Waals surface area contributed by atoms with Crippen molar-refractivity contribution in [1.82, 2.24) is 4.72 Å². The standard InChI is InChI=1S/C15H24N2O4S/c1-5-11(4)17-13-7-6-12(15(18)19)8-14(13)22(20,21)16-9-10(2)3/h6-8,10-11,16-17H,5,9H2,1-4H3,(H,18,19)/t11-/m1/s1. The molecule has 3 N–H and O–H groups in total. The predicted octanol–water partition coefficient (Wildman–Crippen LogP) is 2.53. The highest BCUT2D eigenvalue weighted by molar-refractivity contribution is 7.89. The monoisotopic (exact) mass is 328 g/mol. The average Bonchev–Trinajstić information content (AvgIpc) is 2.45. The van der Waals surface area contributed by atoms with Gasteiger partial charge in [0, 0.05) is 12.6 Å². The third-order valence-corrected chi connectivity index (χ3v) is 4.68. The summed E-state index contributed by atoms with van der Waals surface area (Å²) in [5.41, 5.74) is 0.357. The van der Waals surface area contributed by atoms with Gasteiger partial charge in [0.2, 0.25) is 10.0 Å². The molecule has 0 amide bonds. The van der Waals surface area contributed by atoms with Crippen LogP contribution in [0.15, 0.2) is 23.1 Å². The smallest absolute Gasteiger partial charge is 0.335 e. The van der Waals surface area contributed by atoms with E-state index in [0.717, 1.165) is 6.42 Å². The normalized spacial score (nSPS) is 13.1. The van der Waals surface area contributed by atoms with Gasteiger partial charge in [-0.3, -0.25) is 0 Å². The van der Waals surface area contributed by atoms with Gasteiger partial charge < -0.3 is 10.4 Å². The van der Waals surface area contributed by atoms with Gasteiger partial charge in [0.15, 0.2) is 0 Å². The van der Waals surface area contributed by atoms with Crippen LogP contribution in [0.25, 0.3) is 0 Å². The lowest BCUT2D eigenvalue weighted by Crippen LogP contribution is -2.29. The lowest BCUT2D eigenvalue weighted by molar-refractivity contribution is 0.0696. The summed E-state index contributed by atoms with van der Waals surface area (Å²) < 4.78 is 27.4. The molecule has 1 rings (SSSR count). The second-order valence-electron chi connectivity index (χ2n) is 5.72. The summed E-state index contributed by atoms with van der Waals surface area (Å²) in [7, 11) is -3.77. The van der Waals surface area contributed by atoms with E-state index >= 15 is 0 Å². The highest BCUT2D eigenvalue weighted by Crippen LogP contribution is 2.24. The number of carboxylic acids is 1. The summed E-state index contributed by atoms with van der Waals surface area (Å²) in [6, 6.07) is 4.17. The number of hydrogen-bond acceptors (Lipinski definition) is 4. The summed E-state index contributed by atoms with van der Waals surface area (Å²) in [4.78, 5) is 11.1. The fourth-order valence-corrected chi connectivity index (χ4v) is 3.13. The van der Waals surface area contributed by atoms with Gasteiger partial charge in [0.05, 0.1) is 11.3 Å². The van der Waals surface area contributed by atoms with E-state index in [4.69, 9.17) is 5.11 Å². The summed E-state index contributed by atoms with van der Waals surface area (Å²) >= 11 is 0. The van der Waals surface area contributed by atoms with E-state index in [9.17, 15) is 13.2 Å². The third kappa shape index (κ3) is 4.99. The van der Waals surface area contributed by atoms with Crippen LogP contribution in [0.3, 0.4) is 0 Å². The van der Waals surface area contributed by atoms with Crippen molar-refractivity contribution in [3.8, 4) is 0 Å². The molecule has 0 aromatic heterocycles. The summed E-state index contributed by atoms with van der Waals surface area (Å²) in [6.07, 6.45) is 0.819. The second kappa shape index (κ2) is 7.60. The summed E-state index contributed by atoms with van der Waals surface area (Å²) in [5, 5.41) is 12.2. The maximum Gasteiger partial charge on any atom is 0.335 e. The van der Waals surface area contributed by atoms with E-state index < -0.39 is 16.0 Å². The minimum Gasteiger partial charge on any atom is -0.478 e. The zero-order valence-electron chi connectivity index (χ0n) is 13.4. The topological polar surface area (TPSA) is 95.5 Å². The van der Waals surface area contributed by atoms with E-state index in [2.05, 4.69) is 10.0 Å². The van der Waals surface area contributed by atoms with Crippen LogP contribution in [0.1, 0.15) is 44.5 Å². The molecule has 0 saturated heterocycles. The number of carboxylic acid groups (broad SMARTS) is 1. The molecule has 0 aliphatic heterocycles. The number of hydrogen-bond donors (Lipinski definition) is 3. The summed E-state index contributed by atoms with van der Waals surface area (Å²) in [6.45, 7) is 8.00. The van der Waals surface area contributed by atoms with E-state index in [1.54, 1.807) is 0 Å². The van der Waals surface area contributed by atoms with Crippen molar-refractivity contribution in [1.29, 1.82) is 0 Å². The average molecular weight is 328 g/mol. The quantitative estimate of drug-likeness (QED) is 0.681. The van der Waals surface area contributed by atoms with E-state index in [0.29, 0.717) is 12.2 Å². The Balaban J connectivity index is 3.26. The molecule has 0 unspecified atom stereocenters. The molecule has 0 aliphatic carbocycles. The van der Waals surface area contributed by atoms with Crippen molar-refractivity contribution < 1.29 is 18.3 Å². The van der Waals surface area contributed by atoms with Crippen LogP contribution in [-0.2, 0) is 10.0 Å². The van der Waals surface area contributed by atoms with Crippen LogP contribution < -0.4 is 10.0 Å². The maximum absolute atomic E-state index is 12.5. The van der Waals surface area contributed by atoms with E-state index in [1.807, 2.05) is 27.7 Å². The van der Waals surface area contributed by atoms with Gasteiger partial charge in [-0.2, -0.15) is 0 Å². The van der Waals surface area contributed by atoms with Gasteiger partial charge >= 0.3 is 5.97 Å². The minimum atomic E-state index is -3.77. The Labute approximate surface area is 132 Å². The van der Waals surface area contributed by atoms with Crippen molar-refractivity contribution in [2.45, 2.75) is 45.1 Å². The zero-order valence-corrected chi connectivity index (χ0v) is 14.2. The van der Waals surface area contributed by atoms with Gasteiger partial charge in [-0.25, -0.2) is 17.9 Å². The first kappa shape index (κ1) is 18.4. The molecule has 0 spiro atoms. The van der Waals surface area contributed by atoms with Gasteiger partial charge in [0.1, 0.15) is 4.90 Å². The lowest BCUT2D eigenvalue weighted by atomic mass is 10.2. The lowest BCUT2D eigenvalue weighted by Gasteiger charge is -2.18. The molecule has 0 radical (unpaired) electrons. The largest absolute Gasteiger partial charge is 0.478 e. The van der Waals surface area contributed by atoms with Crippen molar-refractivity contribution >= 4 is 21.7 Å². The minimum absolute atomic E-state index is 0.0339. The highest BCUT2D eigenvalue weighted by atomic mass is 32.2. The van der Waals surface area contributed by atoms with Crippen LogP contribution in [0, 0.1) is 5.92 Å². The number of sulfonamides is 1. The zero-order chi connectivity index (χ0) is 16.9. The van der Waals surface area contributed by atoms with E-state index in [-0.39, 0.29) is 22.4 Å². The Bertz CT molecular complexity index is 626. The van der Waals surface area contributed by atoms with Crippen molar-refractivity contribution in [2.75, 3.05) is 11.9 Å². The molecule has 1 atom stereocenters. The molecular formula is C15H24N2O4S. The number of nitrogens with one attached hydrogen (secondary N) is 2. The fraction of sp³-hybridized carbons (Fsp3) is 0.533. The Hall–Kier alpha value is -1.60. The van der Waals surface area contributed by atoms with Gasteiger partial charge in [0.25, 0.3) is 0 Å². The Morgan fingerprint density at radius 2 is 1.91 bits per heavy atom. The molecule has 0 fully saturated rings. The SMILES string of the molecule is CC[C@@H](C)Nc1ccc(C(=O)O)cc1S(=O)(=O)NCC(C)C. The Morgan fingerprint density at radius 1 is 1.27 bits per heavy atom. The van der Waals surface area contributed by atoms with Crippen LogP contribution in [0.2, 0.25) is 0 Å². The molecule has 124 valence electrons. The fourth-order valence-electron chi connectivity index (χ4n) is 1.72. The van der Waals surface area contributed by atoms with Gasteiger partial charge in [-0.05, 0) is 37.5 Å². The molecule has 6 nitrogen and oxygen atoms in total. The third-order valence-electron chi connectivity index (χ3n) is 3.21. The van der Waals surface area contributed by atoms with Crippen LogP contribution in [0.5, 0.6) is 0 Å². The molecule has 0 bridgehead atoms. The predicted molar refractivity (Wildman–Crippen MR) is 86.8 cm³/mol. The number of benzene rings is 1. The number of rotatable bonds is 8. The molecule has 1 aromatic carbocycles. The summed E-state index contributed by atoms with van der Waals surface area (Å²) in [5.74, 6) is -1.00. The molecule has 1 aromatic rings. The number of aromatic carboxylic acids is 1. The van der Waals surface area contributed by atoms with Crippen molar-refractivity contribution in [2.24, 2.45) is 5.92 Å². The Morgan fingerprint density at radius 3 is 2.41 bits per heavy atom. The van der Waals surface area contributed by atoms with Crippen LogP contribution in [0.4, 0.5) is 5.69 Å².